The van der Waals surface area contributed by atoms with Crippen molar-refractivity contribution in [3.63, 3.8) is 0 Å². The van der Waals surface area contributed by atoms with E-state index in [4.69, 9.17) is 4.42 Å². The molecule has 3 aromatic rings. The number of benzene rings is 1. The fourth-order valence-corrected chi connectivity index (χ4v) is 2.12. The van der Waals surface area contributed by atoms with Crippen LogP contribution in [0, 0.1) is 0 Å². The monoisotopic (exact) mass is 228 g/mol. The van der Waals surface area contributed by atoms with Crippen LogP contribution in [0.2, 0.25) is 0 Å². The maximum atomic E-state index is 11.1. The number of hydrogen-bond donors (Lipinski definition) is 2. The third kappa shape index (κ3) is 1.49. The first-order chi connectivity index (χ1) is 8.29. The van der Waals surface area contributed by atoms with Crippen molar-refractivity contribution in [2.75, 3.05) is 0 Å². The summed E-state index contributed by atoms with van der Waals surface area (Å²) in [5.41, 5.74) is 2.52. The van der Waals surface area contributed by atoms with Gasteiger partial charge < -0.3 is 4.42 Å². The van der Waals surface area contributed by atoms with Gasteiger partial charge in [0.05, 0.1) is 0 Å². The van der Waals surface area contributed by atoms with E-state index >= 15 is 0 Å². The van der Waals surface area contributed by atoms with Crippen LogP contribution in [-0.4, -0.2) is 10.2 Å². The molecule has 0 amide bonds. The molecule has 0 aliphatic carbocycles. The lowest BCUT2D eigenvalue weighted by Gasteiger charge is -1.95. The van der Waals surface area contributed by atoms with E-state index in [0.717, 1.165) is 28.7 Å². The molecular weight excluding hydrogens is 216 g/mol. The summed E-state index contributed by atoms with van der Waals surface area (Å²) >= 11 is 0. The molecule has 0 saturated carbocycles. The number of aryl methyl sites for hydroxylation is 1. The molecule has 86 valence electrons. The normalized spacial score (nSPS) is 11.1. The van der Waals surface area contributed by atoms with Gasteiger partial charge in [0.1, 0.15) is 11.3 Å². The maximum absolute atomic E-state index is 11.1. The topological polar surface area (TPSA) is 61.8 Å². The molecule has 0 saturated heterocycles. The van der Waals surface area contributed by atoms with Gasteiger partial charge in [0, 0.05) is 17.0 Å². The summed E-state index contributed by atoms with van der Waals surface area (Å²) in [6.07, 6.45) is 0.861. The number of hydrogen-bond acceptors (Lipinski definition) is 2. The highest BCUT2D eigenvalue weighted by Gasteiger charge is 2.15. The Morgan fingerprint density at radius 3 is 2.76 bits per heavy atom. The second kappa shape index (κ2) is 3.66. The van der Waals surface area contributed by atoms with Crippen molar-refractivity contribution in [1.29, 1.82) is 0 Å². The van der Waals surface area contributed by atoms with Crippen LogP contribution in [0.1, 0.15) is 12.5 Å². The predicted molar refractivity (Wildman–Crippen MR) is 66.0 cm³/mol. The Bertz CT molecular complexity index is 718. The lowest BCUT2D eigenvalue weighted by Crippen LogP contribution is -1.93. The molecule has 4 heteroatoms. The van der Waals surface area contributed by atoms with Crippen molar-refractivity contribution in [2.45, 2.75) is 13.3 Å². The molecule has 0 atom stereocenters. The van der Waals surface area contributed by atoms with E-state index in [1.165, 1.54) is 6.07 Å². The zero-order valence-electron chi connectivity index (χ0n) is 9.41. The molecule has 0 aliphatic rings. The molecule has 2 N–H and O–H groups in total. The number of aromatic nitrogens is 2. The molecule has 4 nitrogen and oxygen atoms in total. The van der Waals surface area contributed by atoms with Crippen molar-refractivity contribution in [3.05, 3.63) is 46.2 Å². The Kier molecular flexibility index (Phi) is 2.14. The molecular formula is C13H12N2O2. The molecule has 0 aliphatic heterocycles. The van der Waals surface area contributed by atoms with Gasteiger partial charge in [0.25, 0.3) is 5.56 Å². The van der Waals surface area contributed by atoms with Gasteiger partial charge in [-0.2, -0.15) is 0 Å². The maximum Gasteiger partial charge on any atom is 0.264 e. The molecule has 0 bridgehead atoms. The minimum absolute atomic E-state index is 0.150. The van der Waals surface area contributed by atoms with Gasteiger partial charge in [-0.1, -0.05) is 25.1 Å². The van der Waals surface area contributed by atoms with Gasteiger partial charge in [0.2, 0.25) is 0 Å². The van der Waals surface area contributed by atoms with E-state index in [1.54, 1.807) is 0 Å². The molecule has 2 heterocycles. The largest absolute Gasteiger partial charge is 0.454 e. The van der Waals surface area contributed by atoms with Gasteiger partial charge in [0.15, 0.2) is 5.76 Å². The molecule has 0 fully saturated rings. The Morgan fingerprint density at radius 2 is 2.06 bits per heavy atom. The minimum Gasteiger partial charge on any atom is -0.454 e. The summed E-state index contributed by atoms with van der Waals surface area (Å²) in [5, 5.41) is 6.45. The van der Waals surface area contributed by atoms with Gasteiger partial charge in [-0.05, 0) is 12.5 Å². The summed E-state index contributed by atoms with van der Waals surface area (Å²) in [6.45, 7) is 2.07. The van der Waals surface area contributed by atoms with E-state index in [-0.39, 0.29) is 5.56 Å². The van der Waals surface area contributed by atoms with Crippen molar-refractivity contribution in [3.8, 4) is 11.5 Å². The Hall–Kier alpha value is -2.23. The smallest absolute Gasteiger partial charge is 0.264 e. The van der Waals surface area contributed by atoms with Crippen molar-refractivity contribution < 1.29 is 4.42 Å². The van der Waals surface area contributed by atoms with Crippen LogP contribution in [-0.2, 0) is 6.42 Å². The summed E-state index contributed by atoms with van der Waals surface area (Å²) in [7, 11) is 0. The van der Waals surface area contributed by atoms with E-state index in [9.17, 15) is 4.79 Å². The average Bonchev–Trinajstić information content (AvgIpc) is 2.91. The van der Waals surface area contributed by atoms with E-state index in [2.05, 4.69) is 17.1 Å². The first-order valence-electron chi connectivity index (χ1n) is 5.58. The summed E-state index contributed by atoms with van der Waals surface area (Å²) in [5.74, 6) is 0.743. The van der Waals surface area contributed by atoms with Gasteiger partial charge in [-0.25, -0.2) is 0 Å². The van der Waals surface area contributed by atoms with E-state index in [0.29, 0.717) is 5.69 Å². The van der Waals surface area contributed by atoms with Gasteiger partial charge in [-0.3, -0.25) is 15.0 Å². The highest BCUT2D eigenvalue weighted by molar-refractivity contribution is 5.87. The fourth-order valence-electron chi connectivity index (χ4n) is 2.12. The highest BCUT2D eigenvalue weighted by atomic mass is 16.3. The Balaban J connectivity index is 2.32. The van der Waals surface area contributed by atoms with Gasteiger partial charge >= 0.3 is 0 Å². The lowest BCUT2D eigenvalue weighted by atomic mass is 10.1. The quantitative estimate of drug-likeness (QED) is 0.708. The summed E-state index contributed by atoms with van der Waals surface area (Å²) < 4.78 is 5.80. The second-order valence-corrected chi connectivity index (χ2v) is 3.93. The lowest BCUT2D eigenvalue weighted by molar-refractivity contribution is 0.624. The number of rotatable bonds is 2. The van der Waals surface area contributed by atoms with Crippen LogP contribution in [0.4, 0.5) is 0 Å². The van der Waals surface area contributed by atoms with E-state index < -0.39 is 0 Å². The van der Waals surface area contributed by atoms with Crippen LogP contribution in [0.25, 0.3) is 22.4 Å². The number of aromatic amines is 2. The average molecular weight is 228 g/mol. The van der Waals surface area contributed by atoms with Crippen molar-refractivity contribution in [2.24, 2.45) is 0 Å². The molecule has 1 aromatic carbocycles. The Labute approximate surface area is 97.3 Å². The zero-order valence-corrected chi connectivity index (χ0v) is 9.41. The molecule has 0 unspecified atom stereocenters. The molecule has 2 aromatic heterocycles. The molecule has 0 radical (unpaired) electrons. The van der Waals surface area contributed by atoms with Crippen LogP contribution >= 0.6 is 0 Å². The standard InChI is InChI=1S/C13H12N2O2/c1-2-8-9-5-3-4-6-11(9)17-13(8)10-7-12(16)15-14-10/h3-7H,2H2,1H3,(H2,14,15,16). The summed E-state index contributed by atoms with van der Waals surface area (Å²) in [4.78, 5) is 11.1. The van der Waals surface area contributed by atoms with Gasteiger partial charge in [-0.15, -0.1) is 0 Å². The molecule has 17 heavy (non-hydrogen) atoms. The number of fused-ring (bicyclic) bond motifs is 1. The first-order valence-corrected chi connectivity index (χ1v) is 5.58. The van der Waals surface area contributed by atoms with Crippen LogP contribution < -0.4 is 5.56 Å². The van der Waals surface area contributed by atoms with Crippen LogP contribution in [0.5, 0.6) is 0 Å². The zero-order chi connectivity index (χ0) is 11.8. The van der Waals surface area contributed by atoms with Crippen LogP contribution in [0.3, 0.4) is 0 Å². The minimum atomic E-state index is -0.150. The molecule has 0 spiro atoms. The fraction of sp³-hybridized carbons (Fsp3) is 0.154. The van der Waals surface area contributed by atoms with Crippen LogP contribution in [0.15, 0.2) is 39.5 Å². The van der Waals surface area contributed by atoms with E-state index in [1.807, 2.05) is 24.3 Å². The number of furan rings is 1. The predicted octanol–water partition coefficient (Wildman–Crippen LogP) is 2.68. The molecule has 3 rings (SSSR count). The van der Waals surface area contributed by atoms with Crippen molar-refractivity contribution >= 4 is 11.0 Å². The first kappa shape index (κ1) is 9.96. The summed E-state index contributed by atoms with van der Waals surface area (Å²) in [6, 6.07) is 9.40. The third-order valence-corrected chi connectivity index (χ3v) is 2.89. The SMILES string of the molecule is CCc1c(-c2cc(=O)[nH][nH]2)oc2ccccc12. The number of nitrogens with one attached hydrogen (secondary N) is 2. The second-order valence-electron chi connectivity index (χ2n) is 3.93. The third-order valence-electron chi connectivity index (χ3n) is 2.89. The number of H-pyrrole nitrogens is 2. The Morgan fingerprint density at radius 1 is 1.24 bits per heavy atom. The number of para-hydroxylation sites is 1. The van der Waals surface area contributed by atoms with Crippen molar-refractivity contribution in [1.82, 2.24) is 10.2 Å². The highest BCUT2D eigenvalue weighted by Crippen LogP contribution is 2.32.